The van der Waals surface area contributed by atoms with Crippen LogP contribution in [0.5, 0.6) is 0 Å². The lowest BCUT2D eigenvalue weighted by Crippen LogP contribution is -2.45. The van der Waals surface area contributed by atoms with Crippen LogP contribution in [0.1, 0.15) is 20.8 Å². The number of amides is 1. The van der Waals surface area contributed by atoms with E-state index in [1.807, 2.05) is 13.8 Å². The molecule has 0 saturated heterocycles. The van der Waals surface area contributed by atoms with Crippen LogP contribution in [0.3, 0.4) is 0 Å². The third-order valence-electron chi connectivity index (χ3n) is 3.22. The monoisotopic (exact) mass is 468 g/mol. The van der Waals surface area contributed by atoms with Crippen LogP contribution in [0.25, 0.3) is 0 Å². The number of halogens is 2. The first-order chi connectivity index (χ1) is 12.5. The Labute approximate surface area is 176 Å². The molecule has 0 bridgehead atoms. The minimum atomic E-state index is -3.76. The van der Waals surface area contributed by atoms with E-state index in [0.717, 1.165) is 14.9 Å². The van der Waals surface area contributed by atoms with Gasteiger partial charge in [-0.2, -0.15) is 0 Å². The van der Waals surface area contributed by atoms with Crippen LogP contribution in [0.2, 0.25) is 10.0 Å². The highest BCUT2D eigenvalue weighted by atomic mass is 35.5. The fourth-order valence-electron chi connectivity index (χ4n) is 2.15. The molecule has 0 aliphatic rings. The molecule has 0 fully saturated rings. The van der Waals surface area contributed by atoms with Crippen molar-refractivity contribution in [3.63, 3.8) is 0 Å². The summed E-state index contributed by atoms with van der Waals surface area (Å²) in [5, 5.41) is 11.6. The molecule has 1 amide bonds. The van der Waals surface area contributed by atoms with Gasteiger partial charge in [-0.15, -0.1) is 10.2 Å². The molecule has 1 N–H and O–H groups in total. The second-order valence-corrected chi connectivity index (χ2v) is 11.3. The Hall–Kier alpha value is -1.07. The topological polar surface area (TPSA) is 92.3 Å². The predicted molar refractivity (Wildman–Crippen MR) is 113 cm³/mol. The third-order valence-corrected chi connectivity index (χ3v) is 7.13. The van der Waals surface area contributed by atoms with Gasteiger partial charge >= 0.3 is 0 Å². The SMILES string of the molecule is CC(C)Sc1nnc(NC(=O)C(C)N(c2ccc(Cl)c(Cl)c2)S(C)(=O)=O)s1. The van der Waals surface area contributed by atoms with Crippen LogP contribution in [0.15, 0.2) is 22.5 Å². The van der Waals surface area contributed by atoms with Crippen molar-refractivity contribution >= 4 is 73.0 Å². The maximum Gasteiger partial charge on any atom is 0.249 e. The van der Waals surface area contributed by atoms with Crippen LogP contribution in [-0.2, 0) is 14.8 Å². The van der Waals surface area contributed by atoms with E-state index in [9.17, 15) is 13.2 Å². The van der Waals surface area contributed by atoms with Gasteiger partial charge in [0.1, 0.15) is 6.04 Å². The van der Waals surface area contributed by atoms with Gasteiger partial charge < -0.3 is 0 Å². The van der Waals surface area contributed by atoms with Crippen molar-refractivity contribution in [3.8, 4) is 0 Å². The van der Waals surface area contributed by atoms with Crippen LogP contribution in [0, 0.1) is 0 Å². The molecule has 2 rings (SSSR count). The van der Waals surface area contributed by atoms with E-state index >= 15 is 0 Å². The Morgan fingerprint density at radius 1 is 1.22 bits per heavy atom. The van der Waals surface area contributed by atoms with Crippen molar-refractivity contribution in [1.29, 1.82) is 0 Å². The number of anilines is 2. The number of nitrogens with one attached hydrogen (secondary N) is 1. The quantitative estimate of drug-likeness (QED) is 0.484. The van der Waals surface area contributed by atoms with E-state index in [1.54, 1.807) is 0 Å². The largest absolute Gasteiger partial charge is 0.299 e. The highest BCUT2D eigenvalue weighted by molar-refractivity contribution is 8.01. The maximum atomic E-state index is 12.6. The van der Waals surface area contributed by atoms with Crippen molar-refractivity contribution in [1.82, 2.24) is 10.2 Å². The van der Waals surface area contributed by atoms with Gasteiger partial charge in [0.05, 0.1) is 22.0 Å². The highest BCUT2D eigenvalue weighted by Crippen LogP contribution is 2.31. The summed E-state index contributed by atoms with van der Waals surface area (Å²) >= 11 is 14.6. The summed E-state index contributed by atoms with van der Waals surface area (Å²) < 4.78 is 26.3. The average molecular weight is 469 g/mol. The average Bonchev–Trinajstić information content (AvgIpc) is 2.95. The fraction of sp³-hybridized carbons (Fsp3) is 0.400. The summed E-state index contributed by atoms with van der Waals surface area (Å²) in [6, 6.07) is 3.32. The van der Waals surface area contributed by atoms with Gasteiger partial charge in [-0.1, -0.05) is 60.1 Å². The summed E-state index contributed by atoms with van der Waals surface area (Å²) in [4.78, 5) is 12.6. The molecule has 12 heteroatoms. The van der Waals surface area contributed by atoms with Gasteiger partial charge in [-0.3, -0.25) is 14.4 Å². The Kier molecular flexibility index (Phi) is 7.37. The number of rotatable bonds is 7. The van der Waals surface area contributed by atoms with E-state index in [-0.39, 0.29) is 15.7 Å². The Balaban J connectivity index is 2.24. The molecule has 1 unspecified atom stereocenters. The first-order valence-electron chi connectivity index (χ1n) is 7.74. The number of carbonyl (C=O) groups is 1. The molecule has 2 aromatic rings. The van der Waals surface area contributed by atoms with Crippen molar-refractivity contribution in [2.24, 2.45) is 0 Å². The van der Waals surface area contributed by atoms with Gasteiger partial charge in [0.2, 0.25) is 21.1 Å². The number of nitrogens with zero attached hydrogens (tertiary/aromatic N) is 3. The number of sulfonamides is 1. The lowest BCUT2D eigenvalue weighted by molar-refractivity contribution is -0.116. The number of thioether (sulfide) groups is 1. The normalized spacial score (nSPS) is 12.9. The summed E-state index contributed by atoms with van der Waals surface area (Å²) in [6.45, 7) is 5.52. The number of benzene rings is 1. The zero-order valence-corrected chi connectivity index (χ0v) is 18.9. The summed E-state index contributed by atoms with van der Waals surface area (Å²) in [7, 11) is -3.76. The molecular formula is C15H18Cl2N4O3S3. The molecule has 0 aliphatic carbocycles. The van der Waals surface area contributed by atoms with E-state index in [2.05, 4.69) is 15.5 Å². The smallest absolute Gasteiger partial charge is 0.249 e. The van der Waals surface area contributed by atoms with E-state index in [1.165, 1.54) is 48.2 Å². The van der Waals surface area contributed by atoms with Crippen LogP contribution < -0.4 is 9.62 Å². The van der Waals surface area contributed by atoms with Gasteiger partial charge in [0.25, 0.3) is 0 Å². The first-order valence-corrected chi connectivity index (χ1v) is 12.0. The van der Waals surface area contributed by atoms with Crippen molar-refractivity contribution < 1.29 is 13.2 Å². The lowest BCUT2D eigenvalue weighted by Gasteiger charge is -2.28. The van der Waals surface area contributed by atoms with Crippen molar-refractivity contribution in [2.75, 3.05) is 15.9 Å². The molecule has 1 aromatic heterocycles. The molecule has 27 heavy (non-hydrogen) atoms. The molecule has 1 aromatic carbocycles. The minimum Gasteiger partial charge on any atom is -0.299 e. The standard InChI is InChI=1S/C15H18Cl2N4O3S3/c1-8(2)25-15-20-19-14(26-15)18-13(22)9(3)21(27(4,23)24)10-5-6-11(16)12(17)7-10/h5-9H,1-4H3,(H,18,19,22). The van der Waals surface area contributed by atoms with Crippen molar-refractivity contribution in [2.45, 2.75) is 36.4 Å². The van der Waals surface area contributed by atoms with Crippen LogP contribution in [-0.4, -0.2) is 42.1 Å². The second-order valence-electron chi connectivity index (χ2n) is 5.86. The minimum absolute atomic E-state index is 0.190. The van der Waals surface area contributed by atoms with Crippen molar-refractivity contribution in [3.05, 3.63) is 28.2 Å². The van der Waals surface area contributed by atoms with Gasteiger partial charge in [-0.05, 0) is 25.1 Å². The van der Waals surface area contributed by atoms with E-state index in [4.69, 9.17) is 23.2 Å². The van der Waals surface area contributed by atoms with Crippen LogP contribution in [0.4, 0.5) is 10.8 Å². The Bertz CT molecular complexity index is 934. The molecular weight excluding hydrogens is 451 g/mol. The van der Waals surface area contributed by atoms with Gasteiger partial charge in [0.15, 0.2) is 4.34 Å². The highest BCUT2D eigenvalue weighted by Gasteiger charge is 2.30. The lowest BCUT2D eigenvalue weighted by atomic mass is 10.2. The maximum absolute atomic E-state index is 12.6. The molecule has 148 valence electrons. The summed E-state index contributed by atoms with van der Waals surface area (Å²) in [5.74, 6) is -0.538. The molecule has 7 nitrogen and oxygen atoms in total. The number of hydrogen-bond acceptors (Lipinski definition) is 7. The first kappa shape index (κ1) is 22.2. The Morgan fingerprint density at radius 2 is 1.89 bits per heavy atom. The summed E-state index contributed by atoms with van der Waals surface area (Å²) in [5.41, 5.74) is 0.239. The molecule has 0 saturated carbocycles. The number of aromatic nitrogens is 2. The second kappa shape index (κ2) is 8.95. The van der Waals surface area contributed by atoms with E-state index in [0.29, 0.717) is 10.4 Å². The molecule has 0 aliphatic heterocycles. The zero-order chi connectivity index (χ0) is 20.4. The zero-order valence-electron chi connectivity index (χ0n) is 14.9. The van der Waals surface area contributed by atoms with E-state index < -0.39 is 22.0 Å². The molecule has 0 spiro atoms. The molecule has 1 heterocycles. The Morgan fingerprint density at radius 3 is 2.44 bits per heavy atom. The molecule has 0 radical (unpaired) electrons. The summed E-state index contributed by atoms with van der Waals surface area (Å²) in [6.07, 6.45) is 1.02. The third kappa shape index (κ3) is 5.95. The number of hydrogen-bond donors (Lipinski definition) is 1. The number of carbonyl (C=O) groups excluding carboxylic acids is 1. The van der Waals surface area contributed by atoms with Gasteiger partial charge in [-0.25, -0.2) is 8.42 Å². The van der Waals surface area contributed by atoms with Gasteiger partial charge in [0, 0.05) is 5.25 Å². The molecule has 1 atom stereocenters. The van der Waals surface area contributed by atoms with Crippen LogP contribution >= 0.6 is 46.3 Å². The fourth-order valence-corrected chi connectivity index (χ4v) is 5.59. The predicted octanol–water partition coefficient (Wildman–Crippen LogP) is 4.14.